The van der Waals surface area contributed by atoms with Crippen molar-refractivity contribution < 1.29 is 9.21 Å². The van der Waals surface area contributed by atoms with Crippen LogP contribution < -0.4 is 0 Å². The molecule has 1 saturated heterocycles. The third-order valence-electron chi connectivity index (χ3n) is 5.09. The van der Waals surface area contributed by atoms with Crippen LogP contribution in [0.2, 0.25) is 0 Å². The largest absolute Gasteiger partial charge is 0.464 e. The molecule has 0 radical (unpaired) electrons. The highest BCUT2D eigenvalue weighted by Crippen LogP contribution is 2.30. The Kier molecular flexibility index (Phi) is 3.98. The third-order valence-corrected chi connectivity index (χ3v) is 5.09. The predicted molar refractivity (Wildman–Crippen MR) is 89.2 cm³/mol. The highest BCUT2D eigenvalue weighted by atomic mass is 16.3. The number of amides is 1. The van der Waals surface area contributed by atoms with Crippen molar-refractivity contribution in [3.8, 4) is 0 Å². The molecule has 0 saturated carbocycles. The van der Waals surface area contributed by atoms with Gasteiger partial charge >= 0.3 is 0 Å². The first-order valence-corrected chi connectivity index (χ1v) is 8.25. The van der Waals surface area contributed by atoms with Gasteiger partial charge in [-0.15, -0.1) is 0 Å². The Hall–Kier alpha value is -1.77. The second kappa shape index (κ2) is 5.79. The lowest BCUT2D eigenvalue weighted by molar-refractivity contribution is -0.133. The van der Waals surface area contributed by atoms with Crippen LogP contribution in [0.4, 0.5) is 0 Å². The standard InChI is InChI=1S/C19H25NO2/c1-12-9-13(2)18-16(11-22-19(18)15(12)4)10-17(21)20-8-6-5-7-14(20)3/h9,11,14H,5-8,10H2,1-4H3. The number of furan rings is 1. The summed E-state index contributed by atoms with van der Waals surface area (Å²) >= 11 is 0. The summed E-state index contributed by atoms with van der Waals surface area (Å²) in [5, 5.41) is 1.13. The van der Waals surface area contributed by atoms with Gasteiger partial charge < -0.3 is 9.32 Å². The number of piperidine rings is 1. The average Bonchev–Trinajstić information content (AvgIpc) is 2.89. The lowest BCUT2D eigenvalue weighted by Crippen LogP contribution is -2.42. The van der Waals surface area contributed by atoms with E-state index in [4.69, 9.17) is 4.42 Å². The smallest absolute Gasteiger partial charge is 0.227 e. The van der Waals surface area contributed by atoms with Crippen molar-refractivity contribution in [3.05, 3.63) is 34.6 Å². The number of benzene rings is 1. The van der Waals surface area contributed by atoms with Crippen LogP contribution in [0.5, 0.6) is 0 Å². The Balaban J connectivity index is 1.91. The van der Waals surface area contributed by atoms with Gasteiger partial charge in [-0.25, -0.2) is 0 Å². The number of carbonyl (C=O) groups is 1. The van der Waals surface area contributed by atoms with E-state index < -0.39 is 0 Å². The number of hydrogen-bond donors (Lipinski definition) is 0. The number of nitrogens with zero attached hydrogens (tertiary/aromatic N) is 1. The SMILES string of the molecule is Cc1cc(C)c2c(CC(=O)N3CCCCC3C)coc2c1C. The fourth-order valence-electron chi connectivity index (χ4n) is 3.65. The fraction of sp³-hybridized carbons (Fsp3) is 0.526. The molecule has 0 spiro atoms. The van der Waals surface area contributed by atoms with Gasteiger partial charge in [0.1, 0.15) is 5.58 Å². The summed E-state index contributed by atoms with van der Waals surface area (Å²) in [6, 6.07) is 2.55. The molecule has 1 aliphatic rings. The van der Waals surface area contributed by atoms with E-state index in [1.165, 1.54) is 23.1 Å². The van der Waals surface area contributed by atoms with E-state index in [2.05, 4.69) is 33.8 Å². The lowest BCUT2D eigenvalue weighted by atomic mass is 9.98. The second-order valence-electron chi connectivity index (χ2n) is 6.71. The number of aryl methyl sites for hydroxylation is 3. The zero-order valence-corrected chi connectivity index (χ0v) is 14.0. The van der Waals surface area contributed by atoms with Gasteiger partial charge in [-0.1, -0.05) is 6.07 Å². The molecule has 1 amide bonds. The van der Waals surface area contributed by atoms with Crippen LogP contribution in [-0.2, 0) is 11.2 Å². The van der Waals surface area contributed by atoms with Gasteiger partial charge in [-0.2, -0.15) is 0 Å². The number of carbonyl (C=O) groups excluding carboxylic acids is 1. The van der Waals surface area contributed by atoms with Crippen LogP contribution in [0.3, 0.4) is 0 Å². The minimum atomic E-state index is 0.229. The van der Waals surface area contributed by atoms with E-state index in [0.29, 0.717) is 12.5 Å². The summed E-state index contributed by atoms with van der Waals surface area (Å²) in [4.78, 5) is 14.7. The van der Waals surface area contributed by atoms with E-state index in [9.17, 15) is 4.79 Å². The summed E-state index contributed by atoms with van der Waals surface area (Å²) in [5.74, 6) is 0.229. The maximum absolute atomic E-state index is 12.7. The molecule has 1 aliphatic heterocycles. The fourth-order valence-corrected chi connectivity index (χ4v) is 3.65. The minimum absolute atomic E-state index is 0.229. The normalized spacial score (nSPS) is 18.9. The van der Waals surface area contributed by atoms with Crippen molar-refractivity contribution in [2.45, 2.75) is 59.4 Å². The van der Waals surface area contributed by atoms with Crippen molar-refractivity contribution in [1.29, 1.82) is 0 Å². The molecule has 1 unspecified atom stereocenters. The van der Waals surface area contributed by atoms with Crippen molar-refractivity contribution in [2.24, 2.45) is 0 Å². The summed E-state index contributed by atoms with van der Waals surface area (Å²) in [6.07, 6.45) is 5.70. The molecule has 2 heterocycles. The van der Waals surface area contributed by atoms with E-state index in [1.54, 1.807) is 6.26 Å². The Morgan fingerprint density at radius 3 is 2.77 bits per heavy atom. The number of likely N-dealkylation sites (tertiary alicyclic amines) is 1. The van der Waals surface area contributed by atoms with Gasteiger partial charge in [0.05, 0.1) is 12.7 Å². The molecule has 0 bridgehead atoms. The molecule has 3 rings (SSSR count). The number of fused-ring (bicyclic) bond motifs is 1. The summed E-state index contributed by atoms with van der Waals surface area (Å²) in [6.45, 7) is 9.33. The molecular weight excluding hydrogens is 274 g/mol. The van der Waals surface area contributed by atoms with Gasteiger partial charge in [0.2, 0.25) is 5.91 Å². The quantitative estimate of drug-likeness (QED) is 0.828. The summed E-state index contributed by atoms with van der Waals surface area (Å²) < 4.78 is 5.79. The van der Waals surface area contributed by atoms with Crippen molar-refractivity contribution >= 4 is 16.9 Å². The maximum Gasteiger partial charge on any atom is 0.227 e. The predicted octanol–water partition coefficient (Wildman–Crippen LogP) is 4.30. The van der Waals surface area contributed by atoms with E-state index in [1.807, 2.05) is 4.90 Å². The zero-order valence-electron chi connectivity index (χ0n) is 14.0. The molecule has 22 heavy (non-hydrogen) atoms. The van der Waals surface area contributed by atoms with Crippen LogP contribution in [0.25, 0.3) is 11.0 Å². The van der Waals surface area contributed by atoms with Crippen LogP contribution in [-0.4, -0.2) is 23.4 Å². The molecular formula is C19H25NO2. The molecule has 1 aromatic heterocycles. The minimum Gasteiger partial charge on any atom is -0.464 e. The number of rotatable bonds is 2. The first-order chi connectivity index (χ1) is 10.5. The molecule has 0 aliphatic carbocycles. The molecule has 2 aromatic rings. The highest BCUT2D eigenvalue weighted by Gasteiger charge is 2.24. The Morgan fingerprint density at radius 2 is 2.05 bits per heavy atom. The highest BCUT2D eigenvalue weighted by molar-refractivity contribution is 5.92. The van der Waals surface area contributed by atoms with E-state index in [-0.39, 0.29) is 5.91 Å². The summed E-state index contributed by atoms with van der Waals surface area (Å²) in [7, 11) is 0. The zero-order chi connectivity index (χ0) is 15.9. The third kappa shape index (κ3) is 2.53. The Morgan fingerprint density at radius 1 is 1.27 bits per heavy atom. The molecule has 3 heteroatoms. The topological polar surface area (TPSA) is 33.5 Å². The van der Waals surface area contributed by atoms with Crippen molar-refractivity contribution in [1.82, 2.24) is 4.90 Å². The van der Waals surface area contributed by atoms with Crippen LogP contribution in [0.15, 0.2) is 16.7 Å². The molecule has 1 aromatic carbocycles. The lowest BCUT2D eigenvalue weighted by Gasteiger charge is -2.33. The van der Waals surface area contributed by atoms with Gasteiger partial charge in [0, 0.05) is 23.5 Å². The summed E-state index contributed by atoms with van der Waals surface area (Å²) in [5.41, 5.74) is 5.57. The van der Waals surface area contributed by atoms with Crippen molar-refractivity contribution in [3.63, 3.8) is 0 Å². The molecule has 1 fully saturated rings. The van der Waals surface area contributed by atoms with Gasteiger partial charge in [-0.3, -0.25) is 4.79 Å². The average molecular weight is 299 g/mol. The van der Waals surface area contributed by atoms with Gasteiger partial charge in [0.25, 0.3) is 0 Å². The molecule has 118 valence electrons. The Bertz CT molecular complexity index is 714. The van der Waals surface area contributed by atoms with Gasteiger partial charge in [-0.05, 0) is 63.6 Å². The molecule has 3 nitrogen and oxygen atoms in total. The number of hydrogen-bond acceptors (Lipinski definition) is 2. The van der Waals surface area contributed by atoms with Crippen molar-refractivity contribution in [2.75, 3.05) is 6.54 Å². The molecule has 0 N–H and O–H groups in total. The second-order valence-corrected chi connectivity index (χ2v) is 6.71. The Labute approximate surface area is 132 Å². The molecule has 1 atom stereocenters. The maximum atomic E-state index is 12.7. The van der Waals surface area contributed by atoms with Crippen LogP contribution >= 0.6 is 0 Å². The van der Waals surface area contributed by atoms with E-state index in [0.717, 1.165) is 35.9 Å². The monoisotopic (exact) mass is 299 g/mol. The van der Waals surface area contributed by atoms with Gasteiger partial charge in [0.15, 0.2) is 0 Å². The van der Waals surface area contributed by atoms with E-state index >= 15 is 0 Å². The van der Waals surface area contributed by atoms with Crippen LogP contribution in [0, 0.1) is 20.8 Å². The first-order valence-electron chi connectivity index (χ1n) is 8.25. The first kappa shape index (κ1) is 15.1. The van der Waals surface area contributed by atoms with Crippen LogP contribution in [0.1, 0.15) is 48.4 Å².